The van der Waals surface area contributed by atoms with Gasteiger partial charge in [-0.25, -0.2) is 8.42 Å². The molecule has 34 heavy (non-hydrogen) atoms. The molecule has 1 aliphatic rings. The van der Waals surface area contributed by atoms with E-state index in [1.165, 1.54) is 28.6 Å². The number of anilines is 1. The van der Waals surface area contributed by atoms with Gasteiger partial charge in [0.1, 0.15) is 6.61 Å². The molecule has 0 radical (unpaired) electrons. The number of ether oxygens (including phenoxy) is 2. The van der Waals surface area contributed by atoms with Gasteiger partial charge in [0, 0.05) is 12.1 Å². The van der Waals surface area contributed by atoms with E-state index in [4.69, 9.17) is 9.47 Å². The normalized spacial score (nSPS) is 14.7. The summed E-state index contributed by atoms with van der Waals surface area (Å²) in [6.07, 6.45) is -0.930. The number of carbonyl (C=O) groups excluding carboxylic acids is 2. The van der Waals surface area contributed by atoms with Crippen LogP contribution < -0.4 is 24.6 Å². The van der Waals surface area contributed by atoms with E-state index in [-0.39, 0.29) is 23.6 Å². The fourth-order valence-electron chi connectivity index (χ4n) is 3.41. The Morgan fingerprint density at radius 3 is 2.24 bits per heavy atom. The molecule has 2 N–H and O–H groups in total. The number of nitrogens with zero attached hydrogens (tertiary/aromatic N) is 1. The number of hydrazine groups is 1. The molecular formula is C24H23N3O6S. The molecule has 0 bridgehead atoms. The fourth-order valence-corrected chi connectivity index (χ4v) is 4.88. The van der Waals surface area contributed by atoms with Crippen molar-refractivity contribution in [1.29, 1.82) is 0 Å². The zero-order chi connectivity index (χ0) is 24.1. The molecule has 4 rings (SSSR count). The van der Waals surface area contributed by atoms with Gasteiger partial charge in [-0.3, -0.25) is 24.7 Å². The minimum Gasteiger partial charge on any atom is -0.485 e. The van der Waals surface area contributed by atoms with Crippen LogP contribution in [-0.4, -0.2) is 39.5 Å². The van der Waals surface area contributed by atoms with Gasteiger partial charge in [-0.05, 0) is 55.5 Å². The van der Waals surface area contributed by atoms with Crippen molar-refractivity contribution in [2.45, 2.75) is 17.9 Å². The van der Waals surface area contributed by atoms with E-state index in [0.717, 1.165) is 0 Å². The Morgan fingerprint density at radius 1 is 0.912 bits per heavy atom. The van der Waals surface area contributed by atoms with Crippen molar-refractivity contribution in [3.05, 3.63) is 84.4 Å². The molecule has 10 heteroatoms. The summed E-state index contributed by atoms with van der Waals surface area (Å²) in [7, 11) is -3.81. The molecule has 176 valence electrons. The van der Waals surface area contributed by atoms with Crippen LogP contribution in [0.5, 0.6) is 11.5 Å². The van der Waals surface area contributed by atoms with Crippen molar-refractivity contribution < 1.29 is 27.5 Å². The molecule has 1 aliphatic heterocycles. The second kappa shape index (κ2) is 9.84. The van der Waals surface area contributed by atoms with Gasteiger partial charge in [-0.15, -0.1) is 0 Å². The minimum absolute atomic E-state index is 0.000612. The molecule has 0 unspecified atom stereocenters. The maximum Gasteiger partial charge on any atom is 0.283 e. The lowest BCUT2D eigenvalue weighted by Gasteiger charge is -2.25. The highest BCUT2D eigenvalue weighted by atomic mass is 32.2. The topological polar surface area (TPSA) is 114 Å². The Kier molecular flexibility index (Phi) is 6.69. The molecule has 0 aromatic heterocycles. The number of sulfonamides is 1. The van der Waals surface area contributed by atoms with Crippen LogP contribution in [0.15, 0.2) is 83.8 Å². The lowest BCUT2D eigenvalue weighted by atomic mass is 10.2. The van der Waals surface area contributed by atoms with Gasteiger partial charge in [0.2, 0.25) is 6.10 Å². The Morgan fingerprint density at radius 2 is 1.56 bits per heavy atom. The number of carbonyl (C=O) groups is 2. The molecule has 0 aliphatic carbocycles. The SMILES string of the molecule is CCN(c1ccccc1)S(=O)(=O)c1ccc(C(=O)NNC(=O)[C@H]2COc3ccccc3O2)cc1. The monoisotopic (exact) mass is 481 g/mol. The second-order valence-electron chi connectivity index (χ2n) is 7.34. The van der Waals surface area contributed by atoms with Crippen LogP contribution in [0.2, 0.25) is 0 Å². The summed E-state index contributed by atoms with van der Waals surface area (Å²) in [6, 6.07) is 21.2. The summed E-state index contributed by atoms with van der Waals surface area (Å²) in [6.45, 7) is 1.99. The van der Waals surface area contributed by atoms with Crippen molar-refractivity contribution in [1.82, 2.24) is 10.9 Å². The molecule has 0 saturated heterocycles. The number of rotatable bonds is 6. The molecule has 3 aromatic carbocycles. The Labute approximate surface area is 197 Å². The number of nitrogens with one attached hydrogen (secondary N) is 2. The van der Waals surface area contributed by atoms with Crippen LogP contribution in [0, 0.1) is 0 Å². The van der Waals surface area contributed by atoms with Crippen molar-refractivity contribution in [2.75, 3.05) is 17.5 Å². The minimum atomic E-state index is -3.81. The van der Waals surface area contributed by atoms with Gasteiger partial charge < -0.3 is 9.47 Å². The lowest BCUT2D eigenvalue weighted by Crippen LogP contribution is -2.50. The van der Waals surface area contributed by atoms with Crippen LogP contribution in [0.4, 0.5) is 5.69 Å². The Bertz CT molecular complexity index is 1280. The zero-order valence-electron chi connectivity index (χ0n) is 18.3. The zero-order valence-corrected chi connectivity index (χ0v) is 19.1. The first-order valence-electron chi connectivity index (χ1n) is 10.6. The lowest BCUT2D eigenvalue weighted by molar-refractivity contribution is -0.131. The number of hydrogen-bond donors (Lipinski definition) is 2. The van der Waals surface area contributed by atoms with E-state index in [0.29, 0.717) is 17.2 Å². The summed E-state index contributed by atoms with van der Waals surface area (Å²) < 4.78 is 38.5. The molecule has 3 aromatic rings. The maximum atomic E-state index is 13.1. The molecule has 1 heterocycles. The predicted molar refractivity (Wildman–Crippen MR) is 125 cm³/mol. The fraction of sp³-hybridized carbons (Fsp3) is 0.167. The highest BCUT2D eigenvalue weighted by Crippen LogP contribution is 2.30. The average molecular weight is 482 g/mol. The van der Waals surface area contributed by atoms with Crippen molar-refractivity contribution in [2.24, 2.45) is 0 Å². The smallest absolute Gasteiger partial charge is 0.283 e. The van der Waals surface area contributed by atoms with Crippen molar-refractivity contribution in [3.8, 4) is 11.5 Å². The van der Waals surface area contributed by atoms with Gasteiger partial charge in [-0.1, -0.05) is 30.3 Å². The van der Waals surface area contributed by atoms with Crippen LogP contribution in [0.1, 0.15) is 17.3 Å². The predicted octanol–water partition coefficient (Wildman–Crippen LogP) is 2.50. The standard InChI is InChI=1S/C24H23N3O6S/c1-2-27(18-8-4-3-5-9-18)34(30,31)19-14-12-17(13-15-19)23(28)25-26-24(29)22-16-32-20-10-6-7-11-21(20)33-22/h3-15,22H,2,16H2,1H3,(H,25,28)(H,26,29)/t22-/m1/s1. The number of hydrogen-bond acceptors (Lipinski definition) is 6. The second-order valence-corrected chi connectivity index (χ2v) is 9.20. The third-order valence-corrected chi connectivity index (χ3v) is 7.05. The summed E-state index contributed by atoms with van der Waals surface area (Å²) in [5.74, 6) is -0.207. The van der Waals surface area contributed by atoms with Crippen LogP contribution in [-0.2, 0) is 14.8 Å². The number of benzene rings is 3. The van der Waals surface area contributed by atoms with E-state index in [2.05, 4.69) is 10.9 Å². The summed E-state index contributed by atoms with van der Waals surface area (Å²) in [5, 5.41) is 0. The molecule has 9 nitrogen and oxygen atoms in total. The largest absolute Gasteiger partial charge is 0.485 e. The van der Waals surface area contributed by atoms with E-state index >= 15 is 0 Å². The van der Waals surface area contributed by atoms with Gasteiger partial charge in [0.15, 0.2) is 11.5 Å². The molecule has 2 amide bonds. The summed E-state index contributed by atoms with van der Waals surface area (Å²) in [4.78, 5) is 24.8. The molecule has 0 fully saturated rings. The van der Waals surface area contributed by atoms with E-state index in [1.54, 1.807) is 55.5 Å². The van der Waals surface area contributed by atoms with E-state index < -0.39 is 27.9 Å². The van der Waals surface area contributed by atoms with Crippen LogP contribution in [0.25, 0.3) is 0 Å². The Balaban J connectivity index is 1.38. The number of para-hydroxylation sites is 3. The van der Waals surface area contributed by atoms with Gasteiger partial charge in [0.25, 0.3) is 21.8 Å². The van der Waals surface area contributed by atoms with E-state index in [9.17, 15) is 18.0 Å². The highest BCUT2D eigenvalue weighted by molar-refractivity contribution is 7.92. The van der Waals surface area contributed by atoms with Gasteiger partial charge >= 0.3 is 0 Å². The average Bonchev–Trinajstić information content (AvgIpc) is 2.87. The molecule has 1 atom stereocenters. The molecule has 0 spiro atoms. The quantitative estimate of drug-likeness (QED) is 0.523. The maximum absolute atomic E-state index is 13.1. The van der Waals surface area contributed by atoms with Gasteiger partial charge in [0.05, 0.1) is 10.6 Å². The first-order chi connectivity index (χ1) is 16.4. The van der Waals surface area contributed by atoms with Crippen LogP contribution in [0.3, 0.4) is 0 Å². The first kappa shape index (κ1) is 23.1. The third-order valence-electron chi connectivity index (χ3n) is 5.14. The number of fused-ring (bicyclic) bond motifs is 1. The molecular weight excluding hydrogens is 458 g/mol. The number of amides is 2. The van der Waals surface area contributed by atoms with Crippen molar-refractivity contribution in [3.63, 3.8) is 0 Å². The van der Waals surface area contributed by atoms with E-state index in [1.807, 2.05) is 6.07 Å². The molecule has 0 saturated carbocycles. The first-order valence-corrected chi connectivity index (χ1v) is 12.0. The highest BCUT2D eigenvalue weighted by Gasteiger charge is 2.28. The third kappa shape index (κ3) is 4.81. The summed E-state index contributed by atoms with van der Waals surface area (Å²) >= 11 is 0. The summed E-state index contributed by atoms with van der Waals surface area (Å²) in [5.41, 5.74) is 5.33. The van der Waals surface area contributed by atoms with Gasteiger partial charge in [-0.2, -0.15) is 0 Å². The van der Waals surface area contributed by atoms with Crippen LogP contribution >= 0.6 is 0 Å². The van der Waals surface area contributed by atoms with Crippen molar-refractivity contribution >= 4 is 27.5 Å². The Hall–Kier alpha value is -4.05.